The summed E-state index contributed by atoms with van der Waals surface area (Å²) in [6, 6.07) is 7.33. The SMILES string of the molecule is COCc1cccc(-n2c(=O)n([C@@H]3CCN(C(=O)/C=C/CN(C)C)C3)c3ncnc(N)c32)c1. The van der Waals surface area contributed by atoms with E-state index in [-0.39, 0.29) is 23.5 Å². The number of carbonyl (C=O) groups is 1. The summed E-state index contributed by atoms with van der Waals surface area (Å²) in [7, 11) is 5.52. The first-order valence-corrected chi connectivity index (χ1v) is 10.8. The molecule has 0 aliphatic carbocycles. The number of hydrogen-bond donors (Lipinski definition) is 1. The van der Waals surface area contributed by atoms with Crippen LogP contribution in [0.1, 0.15) is 18.0 Å². The molecule has 3 aromatic rings. The molecule has 33 heavy (non-hydrogen) atoms. The zero-order valence-corrected chi connectivity index (χ0v) is 19.1. The molecule has 0 bridgehead atoms. The van der Waals surface area contributed by atoms with Gasteiger partial charge in [0.15, 0.2) is 11.5 Å². The molecule has 2 aromatic heterocycles. The lowest BCUT2D eigenvalue weighted by atomic mass is 10.2. The third kappa shape index (κ3) is 4.53. The minimum Gasteiger partial charge on any atom is -0.382 e. The van der Waals surface area contributed by atoms with E-state index >= 15 is 0 Å². The lowest BCUT2D eigenvalue weighted by Crippen LogP contribution is -2.31. The number of methoxy groups -OCH3 is 1. The van der Waals surface area contributed by atoms with E-state index in [9.17, 15) is 9.59 Å². The average Bonchev–Trinajstić information content (AvgIpc) is 3.37. The Morgan fingerprint density at radius 3 is 2.91 bits per heavy atom. The van der Waals surface area contributed by atoms with Crippen LogP contribution in [0, 0.1) is 0 Å². The molecule has 0 unspecified atom stereocenters. The zero-order chi connectivity index (χ0) is 23.5. The Hall–Kier alpha value is -3.50. The summed E-state index contributed by atoms with van der Waals surface area (Å²) in [5.41, 5.74) is 8.47. The molecule has 0 radical (unpaired) electrons. The molecule has 1 aliphatic heterocycles. The Morgan fingerprint density at radius 1 is 1.33 bits per heavy atom. The third-order valence-corrected chi connectivity index (χ3v) is 5.73. The van der Waals surface area contributed by atoms with Gasteiger partial charge in [-0.05, 0) is 38.2 Å². The molecule has 1 atom stereocenters. The number of carbonyl (C=O) groups excluding carboxylic acids is 1. The second kappa shape index (κ2) is 9.55. The second-order valence-electron chi connectivity index (χ2n) is 8.41. The van der Waals surface area contributed by atoms with Gasteiger partial charge in [-0.3, -0.25) is 13.9 Å². The van der Waals surface area contributed by atoms with Gasteiger partial charge in [-0.15, -0.1) is 0 Å². The van der Waals surface area contributed by atoms with Gasteiger partial charge in [0.1, 0.15) is 11.8 Å². The van der Waals surface area contributed by atoms with Crippen LogP contribution in [0.5, 0.6) is 0 Å². The third-order valence-electron chi connectivity index (χ3n) is 5.73. The average molecular weight is 452 g/mol. The van der Waals surface area contributed by atoms with Crippen LogP contribution in [0.25, 0.3) is 16.9 Å². The highest BCUT2D eigenvalue weighted by molar-refractivity contribution is 5.88. The van der Waals surface area contributed by atoms with Gasteiger partial charge in [-0.2, -0.15) is 0 Å². The summed E-state index contributed by atoms with van der Waals surface area (Å²) in [5, 5.41) is 0. The molecule has 0 saturated carbocycles. The molecule has 1 aromatic carbocycles. The standard InChI is InChI=1S/C23H29N7O3/c1-27(2)10-5-8-19(31)28-11-9-18(13-28)30-22-20(21(24)25-15-26-22)29(23(30)32)17-7-4-6-16(12-17)14-33-3/h4-8,12,15,18H,9-11,13-14H2,1-3H3,(H2,24,25,26)/b8-5+/t18-/m1/s1. The number of rotatable bonds is 7. The summed E-state index contributed by atoms with van der Waals surface area (Å²) in [6.07, 6.45) is 5.45. The fourth-order valence-corrected chi connectivity index (χ4v) is 4.21. The predicted molar refractivity (Wildman–Crippen MR) is 126 cm³/mol. The molecule has 1 aliphatic rings. The van der Waals surface area contributed by atoms with Gasteiger partial charge in [0, 0.05) is 32.8 Å². The van der Waals surface area contributed by atoms with E-state index in [2.05, 4.69) is 9.97 Å². The minimum atomic E-state index is -0.255. The quantitative estimate of drug-likeness (QED) is 0.537. The Morgan fingerprint density at radius 2 is 2.15 bits per heavy atom. The van der Waals surface area contributed by atoms with Crippen molar-refractivity contribution in [1.29, 1.82) is 0 Å². The van der Waals surface area contributed by atoms with Crippen LogP contribution in [0.4, 0.5) is 5.82 Å². The number of likely N-dealkylation sites (N-methyl/N-ethyl adjacent to an activating group) is 1. The maximum absolute atomic E-state index is 13.7. The highest BCUT2D eigenvalue weighted by Gasteiger charge is 2.31. The van der Waals surface area contributed by atoms with Gasteiger partial charge in [0.2, 0.25) is 5.91 Å². The number of imidazole rings is 1. The van der Waals surface area contributed by atoms with E-state index in [1.54, 1.807) is 27.2 Å². The monoisotopic (exact) mass is 451 g/mol. The fraction of sp³-hybridized carbons (Fsp3) is 0.391. The van der Waals surface area contributed by atoms with E-state index in [4.69, 9.17) is 10.5 Å². The fourth-order valence-electron chi connectivity index (χ4n) is 4.21. The van der Waals surface area contributed by atoms with Gasteiger partial charge < -0.3 is 20.3 Å². The smallest absolute Gasteiger partial charge is 0.335 e. The Kier molecular flexibility index (Phi) is 6.57. The van der Waals surface area contributed by atoms with E-state index in [0.29, 0.717) is 49.5 Å². The van der Waals surface area contributed by atoms with Crippen molar-refractivity contribution in [2.45, 2.75) is 19.1 Å². The molecule has 1 fully saturated rings. The van der Waals surface area contributed by atoms with Gasteiger partial charge in [-0.25, -0.2) is 14.8 Å². The van der Waals surface area contributed by atoms with Crippen LogP contribution in [0.2, 0.25) is 0 Å². The number of hydrogen-bond acceptors (Lipinski definition) is 7. The maximum atomic E-state index is 13.7. The van der Waals surface area contributed by atoms with E-state index in [1.165, 1.54) is 6.33 Å². The number of benzene rings is 1. The van der Waals surface area contributed by atoms with Crippen molar-refractivity contribution in [3.05, 3.63) is 58.8 Å². The number of ether oxygens (including phenoxy) is 1. The van der Waals surface area contributed by atoms with Crippen LogP contribution in [-0.4, -0.2) is 75.6 Å². The zero-order valence-electron chi connectivity index (χ0n) is 19.1. The molecule has 174 valence electrons. The molecule has 10 nitrogen and oxygen atoms in total. The number of nitrogen functional groups attached to an aromatic ring is 1. The Balaban J connectivity index is 1.72. The first kappa shape index (κ1) is 22.7. The number of nitrogens with zero attached hydrogens (tertiary/aromatic N) is 6. The molecular weight excluding hydrogens is 422 g/mol. The topological polar surface area (TPSA) is 112 Å². The van der Waals surface area contributed by atoms with E-state index in [1.807, 2.05) is 49.3 Å². The number of likely N-dealkylation sites (tertiary alicyclic amines) is 1. The van der Waals surface area contributed by atoms with Gasteiger partial charge in [-0.1, -0.05) is 18.2 Å². The molecule has 3 heterocycles. The molecule has 1 amide bonds. The number of aromatic nitrogens is 4. The number of anilines is 1. The summed E-state index contributed by atoms with van der Waals surface area (Å²) in [6.45, 7) is 2.11. The first-order valence-electron chi connectivity index (χ1n) is 10.8. The minimum absolute atomic E-state index is 0.0578. The second-order valence-corrected chi connectivity index (χ2v) is 8.41. The molecule has 10 heteroatoms. The van der Waals surface area contributed by atoms with Crippen LogP contribution >= 0.6 is 0 Å². The molecular formula is C23H29N7O3. The molecule has 2 N–H and O–H groups in total. The summed E-state index contributed by atoms with van der Waals surface area (Å²) >= 11 is 0. The number of amides is 1. The number of fused-ring (bicyclic) bond motifs is 1. The summed E-state index contributed by atoms with van der Waals surface area (Å²) < 4.78 is 8.43. The van der Waals surface area contributed by atoms with Gasteiger partial charge in [0.25, 0.3) is 0 Å². The Labute approximate surface area is 191 Å². The number of nitrogens with two attached hydrogens (primary N) is 1. The van der Waals surface area contributed by atoms with Crippen LogP contribution in [0.15, 0.2) is 47.5 Å². The van der Waals surface area contributed by atoms with Crippen molar-refractivity contribution in [3.8, 4) is 5.69 Å². The molecule has 1 saturated heterocycles. The van der Waals surface area contributed by atoms with Crippen molar-refractivity contribution < 1.29 is 9.53 Å². The van der Waals surface area contributed by atoms with Crippen molar-refractivity contribution >= 4 is 22.9 Å². The lowest BCUT2D eigenvalue weighted by Gasteiger charge is -2.15. The first-order chi connectivity index (χ1) is 15.9. The largest absolute Gasteiger partial charge is 0.382 e. The predicted octanol–water partition coefficient (Wildman–Crippen LogP) is 1.20. The van der Waals surface area contributed by atoms with Gasteiger partial charge >= 0.3 is 5.69 Å². The highest BCUT2D eigenvalue weighted by atomic mass is 16.5. The van der Waals surface area contributed by atoms with Crippen LogP contribution in [0.3, 0.4) is 0 Å². The normalized spacial score (nSPS) is 16.5. The summed E-state index contributed by atoms with van der Waals surface area (Å²) in [5.74, 6) is 0.170. The van der Waals surface area contributed by atoms with E-state index in [0.717, 1.165) is 5.56 Å². The van der Waals surface area contributed by atoms with Crippen LogP contribution in [-0.2, 0) is 16.1 Å². The van der Waals surface area contributed by atoms with Crippen LogP contribution < -0.4 is 11.4 Å². The lowest BCUT2D eigenvalue weighted by molar-refractivity contribution is -0.125. The molecule has 4 rings (SSSR count). The highest BCUT2D eigenvalue weighted by Crippen LogP contribution is 2.27. The van der Waals surface area contributed by atoms with Crippen molar-refractivity contribution in [1.82, 2.24) is 28.9 Å². The maximum Gasteiger partial charge on any atom is 0.335 e. The summed E-state index contributed by atoms with van der Waals surface area (Å²) in [4.78, 5) is 38.5. The van der Waals surface area contributed by atoms with Crippen molar-refractivity contribution in [2.24, 2.45) is 0 Å². The van der Waals surface area contributed by atoms with Crippen molar-refractivity contribution in [3.63, 3.8) is 0 Å². The van der Waals surface area contributed by atoms with E-state index < -0.39 is 0 Å². The molecule has 0 spiro atoms. The Bertz CT molecular complexity index is 1240. The van der Waals surface area contributed by atoms with Gasteiger partial charge in [0.05, 0.1) is 18.3 Å². The van der Waals surface area contributed by atoms with Crippen molar-refractivity contribution in [2.75, 3.05) is 46.6 Å².